The van der Waals surface area contributed by atoms with Gasteiger partial charge in [-0.1, -0.05) is 18.7 Å². The van der Waals surface area contributed by atoms with Crippen molar-refractivity contribution in [1.29, 1.82) is 0 Å². The maximum absolute atomic E-state index is 13.7. The molecule has 0 spiro atoms. The number of carbonyl (C=O) groups excluding carboxylic acids is 2. The van der Waals surface area contributed by atoms with Gasteiger partial charge in [0.15, 0.2) is 0 Å². The Kier molecular flexibility index (Phi) is 7.84. The van der Waals surface area contributed by atoms with E-state index in [1.165, 1.54) is 23.4 Å². The lowest BCUT2D eigenvalue weighted by Gasteiger charge is -2.31. The number of pyridine rings is 2. The summed E-state index contributed by atoms with van der Waals surface area (Å²) in [5.74, 6) is -3.25. The van der Waals surface area contributed by atoms with Crippen LogP contribution in [0.25, 0.3) is 38.8 Å². The van der Waals surface area contributed by atoms with E-state index in [1.807, 2.05) is 12.1 Å². The number of rotatable bonds is 7. The number of halogens is 3. The van der Waals surface area contributed by atoms with Crippen LogP contribution in [-0.4, -0.2) is 45.7 Å². The Morgan fingerprint density at radius 3 is 2.29 bits per heavy atom. The predicted molar refractivity (Wildman–Crippen MR) is 164 cm³/mol. The van der Waals surface area contributed by atoms with E-state index in [9.17, 15) is 22.8 Å². The smallest absolute Gasteiger partial charge is 0.253 e. The zero-order chi connectivity index (χ0) is 31.7. The van der Waals surface area contributed by atoms with Gasteiger partial charge in [0.05, 0.1) is 6.54 Å². The van der Waals surface area contributed by atoms with Gasteiger partial charge in [-0.25, -0.2) is 18.7 Å². The summed E-state index contributed by atoms with van der Waals surface area (Å²) in [6, 6.07) is 18.6. The van der Waals surface area contributed by atoms with E-state index < -0.39 is 17.8 Å². The molecule has 1 saturated heterocycles. The molecule has 0 atom stereocenters. The van der Waals surface area contributed by atoms with Crippen molar-refractivity contribution in [2.75, 3.05) is 18.8 Å². The van der Waals surface area contributed by atoms with Crippen molar-refractivity contribution < 1.29 is 27.2 Å². The van der Waals surface area contributed by atoms with Gasteiger partial charge in [-0.3, -0.25) is 9.59 Å². The van der Waals surface area contributed by atoms with Gasteiger partial charge in [-0.2, -0.15) is 4.39 Å². The van der Waals surface area contributed by atoms with Gasteiger partial charge < -0.3 is 20.4 Å². The van der Waals surface area contributed by atoms with Gasteiger partial charge in [0, 0.05) is 71.5 Å². The maximum atomic E-state index is 13.7. The lowest BCUT2D eigenvalue weighted by molar-refractivity contribution is -0.115. The Labute approximate surface area is 256 Å². The molecular weight excluding hydrogens is 583 g/mol. The van der Waals surface area contributed by atoms with Crippen molar-refractivity contribution in [3.8, 4) is 22.3 Å². The fourth-order valence-corrected chi connectivity index (χ4v) is 5.22. The highest BCUT2D eigenvalue weighted by atomic mass is 19.3. The molecule has 0 aliphatic carbocycles. The summed E-state index contributed by atoms with van der Waals surface area (Å²) in [5.41, 5.74) is 10.2. The molecule has 2 aromatic carbocycles. The summed E-state index contributed by atoms with van der Waals surface area (Å²) in [7, 11) is 0. The van der Waals surface area contributed by atoms with Crippen LogP contribution in [0.5, 0.6) is 0 Å². The number of nitrogens with one attached hydrogen (secondary N) is 1. The van der Waals surface area contributed by atoms with Crippen LogP contribution in [0.2, 0.25) is 0 Å². The number of nitrogen functional groups attached to an aromatic ring is 1. The van der Waals surface area contributed by atoms with E-state index in [0.29, 0.717) is 39.4 Å². The second kappa shape index (κ2) is 11.9. The number of furan rings is 1. The topological polar surface area (TPSA) is 114 Å². The first-order valence-corrected chi connectivity index (χ1v) is 14.2. The summed E-state index contributed by atoms with van der Waals surface area (Å²) in [5, 5.41) is 3.53. The summed E-state index contributed by atoms with van der Waals surface area (Å²) >= 11 is 0. The van der Waals surface area contributed by atoms with Crippen molar-refractivity contribution >= 4 is 34.2 Å². The van der Waals surface area contributed by atoms with E-state index in [1.54, 1.807) is 48.5 Å². The first kappa shape index (κ1) is 29.6. The largest absolute Gasteiger partial charge is 0.459 e. The molecule has 1 aliphatic heterocycles. The monoisotopic (exact) mass is 611 g/mol. The fraction of sp³-hybridized carbons (Fsp3) is 0.176. The third kappa shape index (κ3) is 6.42. The van der Waals surface area contributed by atoms with Crippen LogP contribution < -0.4 is 11.1 Å². The van der Waals surface area contributed by atoms with Gasteiger partial charge in [-0.05, 0) is 65.7 Å². The minimum Gasteiger partial charge on any atom is -0.459 e. The van der Waals surface area contributed by atoms with E-state index in [-0.39, 0.29) is 44.0 Å². The zero-order valence-electron chi connectivity index (χ0n) is 24.0. The Balaban J connectivity index is 1.27. The molecule has 0 saturated carbocycles. The van der Waals surface area contributed by atoms with E-state index >= 15 is 0 Å². The maximum Gasteiger partial charge on any atom is 0.253 e. The Hall–Kier alpha value is -5.45. The number of hydrogen-bond donors (Lipinski definition) is 2. The molecule has 0 bridgehead atoms. The van der Waals surface area contributed by atoms with Crippen LogP contribution in [0, 0.1) is 5.95 Å². The minimum atomic E-state index is -2.74. The van der Waals surface area contributed by atoms with Gasteiger partial charge in [0.25, 0.3) is 17.7 Å². The minimum absolute atomic E-state index is 0.00922. The average molecular weight is 612 g/mol. The van der Waals surface area contributed by atoms with E-state index in [4.69, 9.17) is 10.2 Å². The second-order valence-corrected chi connectivity index (χ2v) is 10.9. The molecular formula is C34H28F3N5O3. The number of anilines is 1. The number of fused-ring (bicyclic) bond motifs is 1. The predicted octanol–water partition coefficient (Wildman–Crippen LogP) is 6.48. The summed E-state index contributed by atoms with van der Waals surface area (Å²) in [6.07, 6.45) is 2.19. The van der Waals surface area contributed by atoms with Gasteiger partial charge in [0.1, 0.15) is 17.2 Å². The SMILES string of the molecule is C=C(C(=O)NCc1cc2cc(-c3ccc(C(=O)N4CCC(F)(F)CC4)cc3)cc(-c3ccc(F)nc3)c2o1)c1ccc(N)nc1. The van der Waals surface area contributed by atoms with Crippen molar-refractivity contribution in [2.45, 2.75) is 25.3 Å². The van der Waals surface area contributed by atoms with Crippen molar-refractivity contribution in [1.82, 2.24) is 20.2 Å². The normalized spacial score (nSPS) is 14.3. The molecule has 6 rings (SSSR count). The van der Waals surface area contributed by atoms with Crippen LogP contribution in [0.15, 0.2) is 90.1 Å². The number of alkyl halides is 2. The lowest BCUT2D eigenvalue weighted by atomic mass is 9.96. The number of piperidine rings is 1. The Bertz CT molecular complexity index is 1890. The van der Waals surface area contributed by atoms with E-state index in [0.717, 1.165) is 16.5 Å². The third-order valence-corrected chi connectivity index (χ3v) is 7.79. The van der Waals surface area contributed by atoms with Crippen molar-refractivity contribution in [3.05, 3.63) is 109 Å². The Morgan fingerprint density at radius 2 is 1.62 bits per heavy atom. The highest BCUT2D eigenvalue weighted by Gasteiger charge is 2.35. The number of nitrogens with zero attached hydrogens (tertiary/aromatic N) is 3. The molecule has 1 aliphatic rings. The summed E-state index contributed by atoms with van der Waals surface area (Å²) < 4.78 is 46.9. The van der Waals surface area contributed by atoms with Crippen LogP contribution in [0.3, 0.4) is 0 Å². The molecule has 45 heavy (non-hydrogen) atoms. The molecule has 228 valence electrons. The zero-order valence-corrected chi connectivity index (χ0v) is 24.0. The number of likely N-dealkylation sites (tertiary alicyclic amines) is 1. The lowest BCUT2D eigenvalue weighted by Crippen LogP contribution is -2.42. The molecule has 0 unspecified atom stereocenters. The van der Waals surface area contributed by atoms with Crippen LogP contribution in [-0.2, 0) is 11.3 Å². The standard InChI is InChI=1S/C34H28F3N5O3/c1-20(23-7-9-30(38)40-17-23)32(43)41-19-27-15-26-14-25(16-28(31(26)45-27)24-6-8-29(35)39-18-24)21-2-4-22(5-3-21)33(44)42-12-10-34(36,37)11-13-42/h2-9,14-18H,1,10-13,19H2,(H2,38,40)(H,41,43). The van der Waals surface area contributed by atoms with E-state index in [2.05, 4.69) is 21.9 Å². The van der Waals surface area contributed by atoms with Crippen molar-refractivity contribution in [2.24, 2.45) is 0 Å². The van der Waals surface area contributed by atoms with Crippen LogP contribution in [0.1, 0.15) is 34.5 Å². The molecule has 1 fully saturated rings. The van der Waals surface area contributed by atoms with Crippen LogP contribution in [0.4, 0.5) is 19.0 Å². The molecule has 8 nitrogen and oxygen atoms in total. The highest BCUT2D eigenvalue weighted by molar-refractivity contribution is 6.18. The highest BCUT2D eigenvalue weighted by Crippen LogP contribution is 2.36. The summed E-state index contributed by atoms with van der Waals surface area (Å²) in [6.45, 7) is 3.94. The molecule has 5 aromatic rings. The number of amides is 2. The van der Waals surface area contributed by atoms with Gasteiger partial charge in [0.2, 0.25) is 5.95 Å². The van der Waals surface area contributed by atoms with Gasteiger partial charge in [-0.15, -0.1) is 0 Å². The van der Waals surface area contributed by atoms with Crippen LogP contribution >= 0.6 is 0 Å². The quantitative estimate of drug-likeness (QED) is 0.161. The molecule has 3 aromatic heterocycles. The number of hydrogen-bond acceptors (Lipinski definition) is 6. The first-order chi connectivity index (χ1) is 21.6. The molecule has 4 heterocycles. The molecule has 2 amide bonds. The number of carbonyl (C=O) groups is 2. The molecule has 0 radical (unpaired) electrons. The van der Waals surface area contributed by atoms with Crippen molar-refractivity contribution in [3.63, 3.8) is 0 Å². The first-order valence-electron chi connectivity index (χ1n) is 14.2. The number of nitrogens with two attached hydrogens (primary N) is 1. The molecule has 11 heteroatoms. The van der Waals surface area contributed by atoms with Gasteiger partial charge >= 0.3 is 0 Å². The third-order valence-electron chi connectivity index (χ3n) is 7.79. The summed E-state index contributed by atoms with van der Waals surface area (Å²) in [4.78, 5) is 34.9. The Morgan fingerprint density at radius 1 is 0.911 bits per heavy atom. The second-order valence-electron chi connectivity index (χ2n) is 10.9. The molecule has 3 N–H and O–H groups in total. The average Bonchev–Trinajstić information content (AvgIpc) is 3.46. The fourth-order valence-electron chi connectivity index (χ4n) is 5.22. The number of aromatic nitrogens is 2. The number of benzene rings is 2.